The molecule has 0 unspecified atom stereocenters. The fourth-order valence-electron chi connectivity index (χ4n) is 4.16. The second kappa shape index (κ2) is 7.72. The predicted molar refractivity (Wildman–Crippen MR) is 121 cm³/mol. The van der Waals surface area contributed by atoms with Crippen LogP contribution in [-0.2, 0) is 5.54 Å². The van der Waals surface area contributed by atoms with Crippen LogP contribution < -0.4 is 16.8 Å². The van der Waals surface area contributed by atoms with Gasteiger partial charge in [0.15, 0.2) is 0 Å². The molecule has 4 heterocycles. The van der Waals surface area contributed by atoms with Gasteiger partial charge >= 0.3 is 0 Å². The van der Waals surface area contributed by atoms with Crippen molar-refractivity contribution in [3.8, 4) is 11.4 Å². The maximum absolute atomic E-state index is 6.70. The molecule has 0 spiro atoms. The molecule has 0 atom stereocenters. The molecule has 0 bridgehead atoms. The summed E-state index contributed by atoms with van der Waals surface area (Å²) in [6.07, 6.45) is 12.6. The quantitative estimate of drug-likeness (QED) is 0.468. The molecule has 0 amide bonds. The van der Waals surface area contributed by atoms with Gasteiger partial charge in [-0.25, -0.2) is 15.0 Å². The summed E-state index contributed by atoms with van der Waals surface area (Å²) in [5.74, 6) is 0.685. The number of imidazole rings is 1. The van der Waals surface area contributed by atoms with Crippen LogP contribution in [0.4, 0.5) is 11.4 Å². The Morgan fingerprint density at radius 3 is 2.71 bits per heavy atom. The van der Waals surface area contributed by atoms with Crippen LogP contribution in [-0.4, -0.2) is 30.4 Å². The van der Waals surface area contributed by atoms with Crippen molar-refractivity contribution in [3.63, 3.8) is 0 Å². The highest BCUT2D eigenvalue weighted by atomic mass is 15.0. The van der Waals surface area contributed by atoms with Gasteiger partial charge in [-0.2, -0.15) is 0 Å². The monoisotopic (exact) mass is 414 g/mol. The molecule has 0 radical (unpaired) electrons. The molecule has 1 saturated carbocycles. The number of nitrogens with one attached hydrogen (secondary N) is 1. The van der Waals surface area contributed by atoms with E-state index in [1.807, 2.05) is 54.2 Å². The number of fused-ring (bicyclic) bond motifs is 1. The Bertz CT molecular complexity index is 1210. The van der Waals surface area contributed by atoms with Crippen molar-refractivity contribution < 1.29 is 0 Å². The van der Waals surface area contributed by atoms with E-state index in [0.717, 1.165) is 59.7 Å². The molecular weight excluding hydrogens is 388 g/mol. The molecule has 4 aromatic heterocycles. The van der Waals surface area contributed by atoms with Gasteiger partial charge in [0.2, 0.25) is 0 Å². The van der Waals surface area contributed by atoms with E-state index in [0.29, 0.717) is 5.82 Å². The van der Waals surface area contributed by atoms with Crippen LogP contribution in [0.1, 0.15) is 37.1 Å². The van der Waals surface area contributed by atoms with Gasteiger partial charge in [-0.3, -0.25) is 9.38 Å². The predicted octanol–water partition coefficient (Wildman–Crippen LogP) is 3.29. The van der Waals surface area contributed by atoms with Gasteiger partial charge in [0, 0.05) is 36.4 Å². The zero-order chi connectivity index (χ0) is 21.4. The number of anilines is 2. The first-order valence-corrected chi connectivity index (χ1v) is 10.5. The summed E-state index contributed by atoms with van der Waals surface area (Å²) in [5, 5.41) is 3.35. The first kappa shape index (κ1) is 19.6. The molecule has 1 aliphatic rings. The highest BCUT2D eigenvalue weighted by Crippen LogP contribution is 2.34. The van der Waals surface area contributed by atoms with Gasteiger partial charge in [0.1, 0.15) is 11.5 Å². The molecule has 8 heteroatoms. The fourth-order valence-corrected chi connectivity index (χ4v) is 4.16. The van der Waals surface area contributed by atoms with Crippen LogP contribution in [0.2, 0.25) is 0 Å². The van der Waals surface area contributed by atoms with Crippen LogP contribution in [0.15, 0.2) is 55.2 Å². The number of nitrogens with zero attached hydrogens (tertiary/aromatic N) is 5. The van der Waals surface area contributed by atoms with Gasteiger partial charge < -0.3 is 16.8 Å². The van der Waals surface area contributed by atoms with Crippen molar-refractivity contribution in [3.05, 3.63) is 66.6 Å². The molecule has 5 rings (SSSR count). The third kappa shape index (κ3) is 3.75. The Morgan fingerprint density at radius 2 is 1.94 bits per heavy atom. The van der Waals surface area contributed by atoms with Crippen LogP contribution >= 0.6 is 0 Å². The molecule has 1 fully saturated rings. The van der Waals surface area contributed by atoms with E-state index >= 15 is 0 Å². The third-order valence-corrected chi connectivity index (χ3v) is 6.05. The number of aromatic nitrogens is 5. The first-order valence-electron chi connectivity index (χ1n) is 10.5. The van der Waals surface area contributed by atoms with Crippen LogP contribution in [0, 0.1) is 6.92 Å². The lowest BCUT2D eigenvalue weighted by Crippen LogP contribution is -2.45. The van der Waals surface area contributed by atoms with E-state index in [1.165, 1.54) is 0 Å². The zero-order valence-corrected chi connectivity index (χ0v) is 17.5. The molecule has 5 N–H and O–H groups in total. The highest BCUT2D eigenvalue weighted by Gasteiger charge is 2.35. The second-order valence-corrected chi connectivity index (χ2v) is 8.37. The summed E-state index contributed by atoms with van der Waals surface area (Å²) in [6.45, 7) is 2.01. The third-order valence-electron chi connectivity index (χ3n) is 6.05. The van der Waals surface area contributed by atoms with Crippen LogP contribution in [0.5, 0.6) is 0 Å². The van der Waals surface area contributed by atoms with Crippen LogP contribution in [0.3, 0.4) is 0 Å². The van der Waals surface area contributed by atoms with E-state index in [9.17, 15) is 0 Å². The summed E-state index contributed by atoms with van der Waals surface area (Å²) in [5.41, 5.74) is 17.7. The minimum absolute atomic E-state index is 0.217. The normalized spacial score (nSPS) is 21.3. The second-order valence-electron chi connectivity index (χ2n) is 8.37. The van der Waals surface area contributed by atoms with Gasteiger partial charge in [-0.15, -0.1) is 0 Å². The maximum Gasteiger partial charge on any atom is 0.148 e. The molecule has 0 saturated heterocycles. The average molecular weight is 415 g/mol. The number of rotatable bonds is 4. The fraction of sp³-hybridized carbons (Fsp3) is 0.304. The Kier molecular flexibility index (Phi) is 4.88. The van der Waals surface area contributed by atoms with E-state index in [1.54, 1.807) is 12.4 Å². The average Bonchev–Trinajstić information content (AvgIpc) is 3.20. The Morgan fingerprint density at radius 1 is 1.10 bits per heavy atom. The Labute approximate surface area is 180 Å². The molecule has 0 aliphatic heterocycles. The van der Waals surface area contributed by atoms with E-state index in [4.69, 9.17) is 16.5 Å². The molecule has 8 nitrogen and oxygen atoms in total. The number of nitrogens with two attached hydrogens (primary N) is 2. The zero-order valence-electron chi connectivity index (χ0n) is 17.5. The summed E-state index contributed by atoms with van der Waals surface area (Å²) < 4.78 is 2.04. The van der Waals surface area contributed by atoms with Gasteiger partial charge in [0.25, 0.3) is 0 Å². The van der Waals surface area contributed by atoms with Gasteiger partial charge in [0.05, 0.1) is 35.0 Å². The minimum atomic E-state index is -0.528. The summed E-state index contributed by atoms with van der Waals surface area (Å²) in [7, 11) is 0. The topological polar surface area (TPSA) is 120 Å². The number of aryl methyl sites for hydroxylation is 1. The molecule has 158 valence electrons. The number of pyridine rings is 2. The smallest absolute Gasteiger partial charge is 0.148 e. The van der Waals surface area contributed by atoms with Crippen molar-refractivity contribution in [2.45, 2.75) is 44.2 Å². The van der Waals surface area contributed by atoms with Gasteiger partial charge in [-0.1, -0.05) is 0 Å². The Hall–Kier alpha value is -3.36. The SMILES string of the molecule is Cc1cnc(C2(N)CCC(N)CC2)nc1-c1cnc2cc(Nc3cccnc3)ccn12. The van der Waals surface area contributed by atoms with E-state index < -0.39 is 5.54 Å². The van der Waals surface area contributed by atoms with Gasteiger partial charge in [-0.05, 0) is 56.4 Å². The lowest BCUT2D eigenvalue weighted by molar-refractivity contribution is 0.264. The first-order chi connectivity index (χ1) is 15.0. The molecule has 4 aromatic rings. The lowest BCUT2D eigenvalue weighted by Gasteiger charge is -2.34. The maximum atomic E-state index is 6.70. The number of hydrogen-bond donors (Lipinski definition) is 3. The lowest BCUT2D eigenvalue weighted by atomic mass is 9.79. The largest absolute Gasteiger partial charge is 0.354 e. The minimum Gasteiger partial charge on any atom is -0.354 e. The number of hydrogen-bond acceptors (Lipinski definition) is 7. The van der Waals surface area contributed by atoms with Crippen molar-refractivity contribution >= 4 is 17.0 Å². The van der Waals surface area contributed by atoms with Crippen molar-refractivity contribution in [2.75, 3.05) is 5.32 Å². The Balaban J connectivity index is 1.49. The highest BCUT2D eigenvalue weighted by molar-refractivity contribution is 5.68. The molecular formula is C23H26N8. The van der Waals surface area contributed by atoms with Crippen molar-refractivity contribution in [1.82, 2.24) is 24.3 Å². The van der Waals surface area contributed by atoms with Crippen molar-refractivity contribution in [2.24, 2.45) is 11.5 Å². The molecule has 31 heavy (non-hydrogen) atoms. The van der Waals surface area contributed by atoms with Crippen molar-refractivity contribution in [1.29, 1.82) is 0 Å². The summed E-state index contributed by atoms with van der Waals surface area (Å²) in [6, 6.07) is 8.10. The van der Waals surface area contributed by atoms with E-state index in [-0.39, 0.29) is 6.04 Å². The summed E-state index contributed by atoms with van der Waals surface area (Å²) >= 11 is 0. The van der Waals surface area contributed by atoms with Crippen LogP contribution in [0.25, 0.3) is 17.0 Å². The molecule has 1 aliphatic carbocycles. The summed E-state index contributed by atoms with van der Waals surface area (Å²) in [4.78, 5) is 18.2. The molecule has 0 aromatic carbocycles. The standard InChI is InChI=1S/C23H26N8/c1-15-12-28-22(23(25)7-4-16(24)5-8-23)30-21(15)19-14-27-20-11-17(6-10-31(19)20)29-18-3-2-9-26-13-18/h2-3,6,9-14,16,29H,4-5,7-8,24-25H2,1H3. The van der Waals surface area contributed by atoms with E-state index in [2.05, 4.69) is 20.3 Å².